The van der Waals surface area contributed by atoms with E-state index in [1.807, 2.05) is 0 Å². The Kier molecular flexibility index (Phi) is 3.61. The molecule has 92 valence electrons. The van der Waals surface area contributed by atoms with Gasteiger partial charge in [0.25, 0.3) is 0 Å². The van der Waals surface area contributed by atoms with Crippen LogP contribution in [0.15, 0.2) is 12.1 Å². The lowest BCUT2D eigenvalue weighted by atomic mass is 10.0. The molecule has 0 atom stereocenters. The van der Waals surface area contributed by atoms with Gasteiger partial charge < -0.3 is 0 Å². The molecule has 1 rings (SSSR count). The molecule has 0 unspecified atom stereocenters. The molecule has 0 aliphatic rings. The van der Waals surface area contributed by atoms with E-state index in [4.69, 9.17) is 5.26 Å². The molecule has 0 bridgehead atoms. The zero-order valence-electron chi connectivity index (χ0n) is 7.75. The summed E-state index contributed by atoms with van der Waals surface area (Å²) in [4.78, 5) is 0. The highest BCUT2D eigenvalue weighted by Gasteiger charge is 2.41. The minimum Gasteiger partial charge on any atom is -0.192 e. The van der Waals surface area contributed by atoms with Crippen molar-refractivity contribution in [2.75, 3.05) is 0 Å². The molecule has 1 aromatic rings. The number of alkyl halides is 6. The molecular formula is C9H2F6IN. The largest absolute Gasteiger partial charge is 0.417 e. The van der Waals surface area contributed by atoms with Crippen LogP contribution in [0, 0.1) is 14.9 Å². The molecule has 0 radical (unpaired) electrons. The van der Waals surface area contributed by atoms with E-state index in [0.717, 1.165) is 6.07 Å². The molecule has 0 fully saturated rings. The van der Waals surface area contributed by atoms with Crippen molar-refractivity contribution in [1.29, 1.82) is 5.26 Å². The van der Waals surface area contributed by atoms with E-state index in [-0.39, 0.29) is 3.57 Å². The molecule has 1 aromatic carbocycles. The first-order valence-electron chi connectivity index (χ1n) is 3.95. The maximum absolute atomic E-state index is 12.5. The third-order valence-corrected chi connectivity index (χ3v) is 2.45. The van der Waals surface area contributed by atoms with Crippen LogP contribution in [0.3, 0.4) is 0 Å². The van der Waals surface area contributed by atoms with Gasteiger partial charge in [0.15, 0.2) is 0 Å². The first kappa shape index (κ1) is 14.1. The number of hydrogen-bond acceptors (Lipinski definition) is 1. The molecule has 0 saturated heterocycles. The molecular weight excluding hydrogens is 363 g/mol. The van der Waals surface area contributed by atoms with Crippen LogP contribution in [0.4, 0.5) is 26.3 Å². The van der Waals surface area contributed by atoms with Crippen molar-refractivity contribution in [3.8, 4) is 6.07 Å². The predicted molar refractivity (Wildman–Crippen MR) is 53.9 cm³/mol. The van der Waals surface area contributed by atoms with Crippen molar-refractivity contribution in [2.45, 2.75) is 12.4 Å². The van der Waals surface area contributed by atoms with Crippen molar-refractivity contribution < 1.29 is 26.3 Å². The zero-order valence-corrected chi connectivity index (χ0v) is 9.91. The topological polar surface area (TPSA) is 23.8 Å². The lowest BCUT2D eigenvalue weighted by molar-refractivity contribution is -0.143. The van der Waals surface area contributed by atoms with E-state index in [9.17, 15) is 26.3 Å². The summed E-state index contributed by atoms with van der Waals surface area (Å²) < 4.78 is 74.5. The van der Waals surface area contributed by atoms with Gasteiger partial charge in [-0.1, -0.05) is 0 Å². The average Bonchev–Trinajstić information content (AvgIpc) is 2.13. The van der Waals surface area contributed by atoms with Crippen molar-refractivity contribution in [3.05, 3.63) is 32.4 Å². The second-order valence-electron chi connectivity index (χ2n) is 2.98. The highest BCUT2D eigenvalue weighted by atomic mass is 127. The fourth-order valence-electron chi connectivity index (χ4n) is 1.17. The van der Waals surface area contributed by atoms with Gasteiger partial charge in [-0.2, -0.15) is 31.6 Å². The monoisotopic (exact) mass is 365 g/mol. The summed E-state index contributed by atoms with van der Waals surface area (Å²) in [5.74, 6) is 0. The normalized spacial score (nSPS) is 12.4. The van der Waals surface area contributed by atoms with Crippen LogP contribution >= 0.6 is 22.6 Å². The minimum atomic E-state index is -4.99. The van der Waals surface area contributed by atoms with Gasteiger partial charge in [0.1, 0.15) is 6.07 Å². The van der Waals surface area contributed by atoms with Crippen molar-refractivity contribution in [3.63, 3.8) is 0 Å². The molecule has 0 aromatic heterocycles. The van der Waals surface area contributed by atoms with Crippen molar-refractivity contribution in [1.82, 2.24) is 0 Å². The molecule has 0 aliphatic carbocycles. The summed E-state index contributed by atoms with van der Waals surface area (Å²) in [6.07, 6.45) is -9.99. The van der Waals surface area contributed by atoms with Gasteiger partial charge in [0.2, 0.25) is 0 Å². The van der Waals surface area contributed by atoms with Crippen molar-refractivity contribution >= 4 is 22.6 Å². The summed E-state index contributed by atoms with van der Waals surface area (Å²) in [7, 11) is 0. The Morgan fingerprint density at radius 1 is 0.941 bits per heavy atom. The third-order valence-electron chi connectivity index (χ3n) is 1.83. The van der Waals surface area contributed by atoms with Gasteiger partial charge >= 0.3 is 12.4 Å². The molecule has 0 heterocycles. The van der Waals surface area contributed by atoms with Crippen LogP contribution in [0.5, 0.6) is 0 Å². The van der Waals surface area contributed by atoms with Crippen LogP contribution in [0.1, 0.15) is 16.7 Å². The number of rotatable bonds is 0. The number of nitriles is 1. The second kappa shape index (κ2) is 4.36. The van der Waals surface area contributed by atoms with Gasteiger partial charge in [-0.25, -0.2) is 0 Å². The maximum Gasteiger partial charge on any atom is 0.417 e. The van der Waals surface area contributed by atoms with Gasteiger partial charge in [0, 0.05) is 3.57 Å². The van der Waals surface area contributed by atoms with Crippen molar-refractivity contribution in [2.24, 2.45) is 0 Å². The molecule has 8 heteroatoms. The molecule has 0 aliphatic heterocycles. The first-order valence-corrected chi connectivity index (χ1v) is 5.03. The van der Waals surface area contributed by atoms with Gasteiger partial charge in [-0.05, 0) is 34.7 Å². The molecule has 0 amide bonds. The Hall–Kier alpha value is -0.980. The summed E-state index contributed by atoms with van der Waals surface area (Å²) in [6.45, 7) is 0. The summed E-state index contributed by atoms with van der Waals surface area (Å²) >= 11 is 1.33. The quantitative estimate of drug-likeness (QED) is 0.500. The maximum atomic E-state index is 12.5. The first-order chi connectivity index (χ1) is 7.57. The van der Waals surface area contributed by atoms with E-state index < -0.39 is 29.0 Å². The molecule has 0 spiro atoms. The Morgan fingerprint density at radius 3 is 1.53 bits per heavy atom. The smallest absolute Gasteiger partial charge is 0.192 e. The van der Waals surface area contributed by atoms with Gasteiger partial charge in [0.05, 0.1) is 16.7 Å². The lowest BCUT2D eigenvalue weighted by Crippen LogP contribution is -2.15. The van der Waals surface area contributed by atoms with Crippen LogP contribution in [0.25, 0.3) is 0 Å². The molecule has 0 saturated carbocycles. The summed E-state index contributed by atoms with van der Waals surface area (Å²) in [6, 6.07) is 1.98. The SMILES string of the molecule is N#Cc1c(C(F)(F)F)cc(I)cc1C(F)(F)F. The van der Waals surface area contributed by atoms with Gasteiger partial charge in [-0.15, -0.1) is 0 Å². The fourth-order valence-corrected chi connectivity index (χ4v) is 1.80. The van der Waals surface area contributed by atoms with Crippen LogP contribution in [0.2, 0.25) is 0 Å². The number of halogens is 7. The zero-order chi connectivity index (χ0) is 13.4. The summed E-state index contributed by atoms with van der Waals surface area (Å²) in [5, 5.41) is 8.46. The van der Waals surface area contributed by atoms with Crippen LogP contribution in [-0.2, 0) is 12.4 Å². The van der Waals surface area contributed by atoms with E-state index >= 15 is 0 Å². The van der Waals surface area contributed by atoms with E-state index in [1.54, 1.807) is 0 Å². The Labute approximate surface area is 105 Å². The highest BCUT2D eigenvalue weighted by molar-refractivity contribution is 14.1. The lowest BCUT2D eigenvalue weighted by Gasteiger charge is -2.15. The second-order valence-corrected chi connectivity index (χ2v) is 4.23. The fraction of sp³-hybridized carbons (Fsp3) is 0.222. The van der Waals surface area contributed by atoms with E-state index in [1.165, 1.54) is 22.6 Å². The number of nitrogens with zero attached hydrogens (tertiary/aromatic N) is 1. The highest BCUT2D eigenvalue weighted by Crippen LogP contribution is 2.40. The number of benzene rings is 1. The Morgan fingerprint density at radius 2 is 1.29 bits per heavy atom. The van der Waals surface area contributed by atoms with Crippen LogP contribution in [-0.4, -0.2) is 0 Å². The summed E-state index contributed by atoms with van der Waals surface area (Å²) in [5.41, 5.74) is -4.54. The van der Waals surface area contributed by atoms with E-state index in [2.05, 4.69) is 0 Å². The average molecular weight is 365 g/mol. The minimum absolute atomic E-state index is 0.235. The van der Waals surface area contributed by atoms with Crippen LogP contribution < -0.4 is 0 Å². The predicted octanol–water partition coefficient (Wildman–Crippen LogP) is 4.20. The molecule has 0 N–H and O–H groups in total. The Balaban J connectivity index is 3.66. The third kappa shape index (κ3) is 3.02. The molecule has 1 nitrogen and oxygen atoms in total. The Bertz CT molecular complexity index is 447. The van der Waals surface area contributed by atoms with Gasteiger partial charge in [-0.3, -0.25) is 0 Å². The standard InChI is InChI=1S/C9H2F6IN/c10-8(11,12)6-1-4(16)2-7(5(6)3-17)9(13,14)15/h1-2H. The number of hydrogen-bond donors (Lipinski definition) is 0. The molecule has 17 heavy (non-hydrogen) atoms. The van der Waals surface area contributed by atoms with E-state index in [0.29, 0.717) is 12.1 Å².